The van der Waals surface area contributed by atoms with E-state index in [4.69, 9.17) is 15.6 Å². The quantitative estimate of drug-likeness (QED) is 0.735. The fourth-order valence-electron chi connectivity index (χ4n) is 1.68. The van der Waals surface area contributed by atoms with Gasteiger partial charge < -0.3 is 15.6 Å². The van der Waals surface area contributed by atoms with E-state index in [2.05, 4.69) is 4.90 Å². The molecule has 0 aromatic heterocycles. The first kappa shape index (κ1) is 10.8. The Morgan fingerprint density at radius 2 is 2.25 bits per heavy atom. The average Bonchev–Trinajstić information content (AvgIpc) is 2.18. The molecule has 0 unspecified atom stereocenters. The van der Waals surface area contributed by atoms with Crippen molar-refractivity contribution in [2.45, 2.75) is 6.10 Å². The van der Waals surface area contributed by atoms with Crippen LogP contribution in [0.5, 0.6) is 5.75 Å². The Morgan fingerprint density at radius 1 is 1.56 bits per heavy atom. The molecule has 16 heavy (non-hydrogen) atoms. The molecule has 5 nitrogen and oxygen atoms in total. The zero-order valence-electron chi connectivity index (χ0n) is 9.01. The minimum Gasteiger partial charge on any atom is -0.486 e. The number of hydrogen-bond donors (Lipinski definition) is 2. The van der Waals surface area contributed by atoms with Gasteiger partial charge in [0, 0.05) is 13.1 Å². The van der Waals surface area contributed by atoms with E-state index >= 15 is 0 Å². The van der Waals surface area contributed by atoms with E-state index < -0.39 is 5.97 Å². The summed E-state index contributed by atoms with van der Waals surface area (Å²) in [6.45, 7) is 1.75. The molecule has 1 aliphatic rings. The van der Waals surface area contributed by atoms with Crippen LogP contribution in [0.1, 0.15) is 10.4 Å². The summed E-state index contributed by atoms with van der Waals surface area (Å²) in [7, 11) is 2.01. The second kappa shape index (κ2) is 4.02. The molecule has 0 aliphatic carbocycles. The highest BCUT2D eigenvalue weighted by molar-refractivity contribution is 5.89. The number of ether oxygens (including phenoxy) is 1. The van der Waals surface area contributed by atoms with Crippen molar-refractivity contribution in [3.8, 4) is 5.75 Å². The van der Waals surface area contributed by atoms with Crippen molar-refractivity contribution in [2.75, 3.05) is 25.9 Å². The van der Waals surface area contributed by atoms with E-state index in [1.807, 2.05) is 7.05 Å². The first-order valence-corrected chi connectivity index (χ1v) is 5.04. The van der Waals surface area contributed by atoms with Crippen LogP contribution in [0.3, 0.4) is 0 Å². The van der Waals surface area contributed by atoms with Crippen LogP contribution < -0.4 is 10.5 Å². The van der Waals surface area contributed by atoms with Crippen molar-refractivity contribution < 1.29 is 14.6 Å². The summed E-state index contributed by atoms with van der Waals surface area (Å²) in [5, 5.41) is 8.77. The molecular formula is C11H14N2O3. The number of likely N-dealkylation sites (N-methyl/N-ethyl adjacent to an activating group) is 1. The fraction of sp³-hybridized carbons (Fsp3) is 0.364. The third-order valence-corrected chi connectivity index (χ3v) is 2.58. The molecule has 2 rings (SSSR count). The standard InChI is InChI=1S/C11H14N2O3/c1-13-5-8(6-13)16-10-3-2-7(11(14)15)4-9(10)12/h2-4,8H,5-6,12H2,1H3,(H,14,15). The SMILES string of the molecule is CN1CC(Oc2ccc(C(=O)O)cc2N)C1. The number of nitrogen functional groups attached to an aromatic ring is 1. The lowest BCUT2D eigenvalue weighted by molar-refractivity contribution is 0.0393. The molecule has 1 heterocycles. The zero-order valence-corrected chi connectivity index (χ0v) is 9.01. The minimum absolute atomic E-state index is 0.156. The normalized spacial score (nSPS) is 16.8. The number of rotatable bonds is 3. The lowest BCUT2D eigenvalue weighted by Gasteiger charge is -2.36. The summed E-state index contributed by atoms with van der Waals surface area (Å²) in [5.74, 6) is -0.426. The van der Waals surface area contributed by atoms with Crippen molar-refractivity contribution in [2.24, 2.45) is 0 Å². The molecule has 1 aromatic carbocycles. The number of aromatic carboxylic acids is 1. The van der Waals surface area contributed by atoms with Gasteiger partial charge in [-0.1, -0.05) is 0 Å². The van der Waals surface area contributed by atoms with E-state index in [0.29, 0.717) is 11.4 Å². The second-order valence-corrected chi connectivity index (χ2v) is 4.02. The molecule has 3 N–H and O–H groups in total. The maximum absolute atomic E-state index is 10.7. The molecule has 86 valence electrons. The number of benzene rings is 1. The van der Waals surface area contributed by atoms with Gasteiger partial charge in [0.25, 0.3) is 0 Å². The third-order valence-electron chi connectivity index (χ3n) is 2.58. The van der Waals surface area contributed by atoms with Gasteiger partial charge in [0.1, 0.15) is 11.9 Å². The van der Waals surface area contributed by atoms with Gasteiger partial charge in [-0.15, -0.1) is 0 Å². The maximum atomic E-state index is 10.7. The predicted octanol–water partition coefficient (Wildman–Crippen LogP) is 0.660. The number of nitrogens with zero attached hydrogens (tertiary/aromatic N) is 1. The van der Waals surface area contributed by atoms with E-state index in [-0.39, 0.29) is 11.7 Å². The largest absolute Gasteiger partial charge is 0.486 e. The van der Waals surface area contributed by atoms with Crippen LogP contribution in [0.4, 0.5) is 5.69 Å². The smallest absolute Gasteiger partial charge is 0.335 e. The van der Waals surface area contributed by atoms with Crippen molar-refractivity contribution in [3.63, 3.8) is 0 Å². The van der Waals surface area contributed by atoms with Crippen molar-refractivity contribution >= 4 is 11.7 Å². The molecule has 0 radical (unpaired) electrons. The molecular weight excluding hydrogens is 208 g/mol. The molecule has 0 saturated carbocycles. The Labute approximate surface area is 93.4 Å². The summed E-state index contributed by atoms with van der Waals surface area (Å²) < 4.78 is 5.63. The van der Waals surface area contributed by atoms with Crippen LogP contribution in [-0.2, 0) is 0 Å². The number of likely N-dealkylation sites (tertiary alicyclic amines) is 1. The molecule has 0 atom stereocenters. The fourth-order valence-corrected chi connectivity index (χ4v) is 1.68. The van der Waals surface area contributed by atoms with Gasteiger partial charge in [0.15, 0.2) is 0 Å². The Bertz CT molecular complexity index is 414. The Kier molecular flexibility index (Phi) is 2.70. The van der Waals surface area contributed by atoms with Crippen LogP contribution in [0.25, 0.3) is 0 Å². The topological polar surface area (TPSA) is 75.8 Å². The second-order valence-electron chi connectivity index (χ2n) is 4.02. The van der Waals surface area contributed by atoms with Crippen molar-refractivity contribution in [1.29, 1.82) is 0 Å². The van der Waals surface area contributed by atoms with Crippen LogP contribution in [0.2, 0.25) is 0 Å². The molecule has 1 fully saturated rings. The summed E-state index contributed by atoms with van der Waals surface area (Å²) in [6, 6.07) is 4.52. The number of nitrogens with two attached hydrogens (primary N) is 1. The van der Waals surface area contributed by atoms with E-state index in [0.717, 1.165) is 13.1 Å². The predicted molar refractivity (Wildman–Crippen MR) is 59.7 cm³/mol. The van der Waals surface area contributed by atoms with Gasteiger partial charge >= 0.3 is 5.97 Å². The molecule has 5 heteroatoms. The zero-order chi connectivity index (χ0) is 11.7. The molecule has 0 spiro atoms. The maximum Gasteiger partial charge on any atom is 0.335 e. The van der Waals surface area contributed by atoms with Gasteiger partial charge in [-0.05, 0) is 25.2 Å². The summed E-state index contributed by atoms with van der Waals surface area (Å²) in [6.07, 6.45) is 0.156. The number of anilines is 1. The minimum atomic E-state index is -0.985. The summed E-state index contributed by atoms with van der Waals surface area (Å²) in [4.78, 5) is 12.8. The lowest BCUT2D eigenvalue weighted by atomic mass is 10.1. The highest BCUT2D eigenvalue weighted by Gasteiger charge is 2.25. The van der Waals surface area contributed by atoms with E-state index in [1.54, 1.807) is 6.07 Å². The summed E-state index contributed by atoms with van der Waals surface area (Å²) in [5.41, 5.74) is 6.27. The first-order valence-electron chi connectivity index (χ1n) is 5.04. The lowest BCUT2D eigenvalue weighted by Crippen LogP contribution is -2.51. The Balaban J connectivity index is 2.07. The highest BCUT2D eigenvalue weighted by atomic mass is 16.5. The van der Waals surface area contributed by atoms with Gasteiger partial charge in [-0.2, -0.15) is 0 Å². The number of hydrogen-bond acceptors (Lipinski definition) is 4. The van der Waals surface area contributed by atoms with Crippen LogP contribution in [0, 0.1) is 0 Å². The molecule has 1 aromatic rings. The summed E-state index contributed by atoms with van der Waals surface area (Å²) >= 11 is 0. The van der Waals surface area contributed by atoms with Gasteiger partial charge in [0.05, 0.1) is 11.3 Å². The molecule has 1 aliphatic heterocycles. The van der Waals surface area contributed by atoms with Crippen molar-refractivity contribution in [1.82, 2.24) is 4.90 Å². The molecule has 1 saturated heterocycles. The third kappa shape index (κ3) is 2.09. The molecule has 0 bridgehead atoms. The van der Waals surface area contributed by atoms with Crippen LogP contribution in [-0.4, -0.2) is 42.2 Å². The van der Waals surface area contributed by atoms with Crippen LogP contribution >= 0.6 is 0 Å². The number of carboxylic acids is 1. The Morgan fingerprint density at radius 3 is 2.75 bits per heavy atom. The van der Waals surface area contributed by atoms with E-state index in [1.165, 1.54) is 12.1 Å². The highest BCUT2D eigenvalue weighted by Crippen LogP contribution is 2.25. The molecule has 0 amide bonds. The van der Waals surface area contributed by atoms with E-state index in [9.17, 15) is 4.79 Å². The van der Waals surface area contributed by atoms with Gasteiger partial charge in [0.2, 0.25) is 0 Å². The van der Waals surface area contributed by atoms with Crippen molar-refractivity contribution in [3.05, 3.63) is 23.8 Å². The first-order chi connectivity index (χ1) is 7.56. The monoisotopic (exact) mass is 222 g/mol. The Hall–Kier alpha value is -1.75. The van der Waals surface area contributed by atoms with Gasteiger partial charge in [-0.25, -0.2) is 4.79 Å². The number of carboxylic acid groups (broad SMARTS) is 1. The van der Waals surface area contributed by atoms with Gasteiger partial charge in [-0.3, -0.25) is 4.90 Å². The average molecular weight is 222 g/mol. The van der Waals surface area contributed by atoms with Crippen LogP contribution in [0.15, 0.2) is 18.2 Å². The number of carbonyl (C=O) groups is 1.